The van der Waals surface area contributed by atoms with E-state index in [9.17, 15) is 4.79 Å². The summed E-state index contributed by atoms with van der Waals surface area (Å²) in [7, 11) is 1.61. The molecule has 0 radical (unpaired) electrons. The number of nitrogens with one attached hydrogen (secondary N) is 2. The molecular weight excluding hydrogens is 272 g/mol. The molecule has 102 valence electrons. The number of ether oxygens (including phenoxy) is 1. The highest BCUT2D eigenvalue weighted by Gasteiger charge is 2.29. The van der Waals surface area contributed by atoms with Crippen molar-refractivity contribution in [1.82, 2.24) is 10.6 Å². The molecule has 1 aromatic heterocycles. The second-order valence-electron chi connectivity index (χ2n) is 4.62. The summed E-state index contributed by atoms with van der Waals surface area (Å²) in [5.74, 6) is 0.748. The predicted octanol–water partition coefficient (Wildman–Crippen LogP) is 2.05. The van der Waals surface area contributed by atoms with Crippen LogP contribution in [0.3, 0.4) is 0 Å². The Balaban J connectivity index is 0.00000162. The number of amides is 1. The van der Waals surface area contributed by atoms with Crippen LogP contribution in [0.15, 0.2) is 11.4 Å². The lowest BCUT2D eigenvalue weighted by molar-refractivity contribution is 0.0891. The van der Waals surface area contributed by atoms with Crippen molar-refractivity contribution in [2.45, 2.75) is 25.3 Å². The summed E-state index contributed by atoms with van der Waals surface area (Å²) >= 11 is 1.42. The van der Waals surface area contributed by atoms with Gasteiger partial charge in [-0.05, 0) is 32.9 Å². The normalized spacial score (nSPS) is 17.7. The van der Waals surface area contributed by atoms with Crippen molar-refractivity contribution in [3.8, 4) is 5.75 Å². The van der Waals surface area contributed by atoms with Crippen LogP contribution in [-0.4, -0.2) is 31.6 Å². The fourth-order valence-electron chi connectivity index (χ4n) is 1.98. The van der Waals surface area contributed by atoms with E-state index in [0.717, 1.165) is 31.7 Å². The van der Waals surface area contributed by atoms with Gasteiger partial charge in [0.15, 0.2) is 0 Å². The first-order valence-electron chi connectivity index (χ1n) is 5.79. The number of hydrogen-bond acceptors (Lipinski definition) is 4. The Morgan fingerprint density at radius 2 is 2.17 bits per heavy atom. The van der Waals surface area contributed by atoms with Crippen LogP contribution >= 0.6 is 23.7 Å². The van der Waals surface area contributed by atoms with Gasteiger partial charge in [-0.3, -0.25) is 4.79 Å². The van der Waals surface area contributed by atoms with E-state index in [0.29, 0.717) is 4.88 Å². The summed E-state index contributed by atoms with van der Waals surface area (Å²) in [6.07, 6.45) is 1.95. The van der Waals surface area contributed by atoms with E-state index >= 15 is 0 Å². The van der Waals surface area contributed by atoms with Crippen LogP contribution in [0.4, 0.5) is 0 Å². The number of carbonyl (C=O) groups is 1. The number of hydrogen-bond donors (Lipinski definition) is 2. The van der Waals surface area contributed by atoms with Crippen molar-refractivity contribution >= 4 is 29.7 Å². The van der Waals surface area contributed by atoms with Gasteiger partial charge in [0.1, 0.15) is 5.75 Å². The van der Waals surface area contributed by atoms with E-state index in [1.54, 1.807) is 13.2 Å². The van der Waals surface area contributed by atoms with Crippen LogP contribution in [0.25, 0.3) is 0 Å². The molecule has 0 bridgehead atoms. The Labute approximate surface area is 118 Å². The largest absolute Gasteiger partial charge is 0.496 e. The van der Waals surface area contributed by atoms with Crippen LogP contribution in [-0.2, 0) is 0 Å². The third kappa shape index (κ3) is 3.60. The van der Waals surface area contributed by atoms with Gasteiger partial charge in [0.05, 0.1) is 12.0 Å². The molecule has 18 heavy (non-hydrogen) atoms. The minimum Gasteiger partial charge on any atom is -0.496 e. The zero-order chi connectivity index (χ0) is 12.3. The highest BCUT2D eigenvalue weighted by molar-refractivity contribution is 7.12. The van der Waals surface area contributed by atoms with Crippen molar-refractivity contribution in [2.24, 2.45) is 0 Å². The summed E-state index contributed by atoms with van der Waals surface area (Å²) in [6.45, 7) is 4.03. The molecule has 0 atom stereocenters. The zero-order valence-corrected chi connectivity index (χ0v) is 12.2. The van der Waals surface area contributed by atoms with Crippen molar-refractivity contribution in [3.63, 3.8) is 0 Å². The third-order valence-corrected chi connectivity index (χ3v) is 4.06. The topological polar surface area (TPSA) is 50.4 Å². The minimum atomic E-state index is -0.0838. The number of halogens is 1. The molecule has 1 aliphatic rings. The summed E-state index contributed by atoms with van der Waals surface area (Å²) in [6, 6.07) is 1.78. The van der Waals surface area contributed by atoms with Crippen molar-refractivity contribution in [1.29, 1.82) is 0 Å². The molecule has 0 unspecified atom stereocenters. The Morgan fingerprint density at radius 1 is 1.50 bits per heavy atom. The zero-order valence-electron chi connectivity index (χ0n) is 10.6. The number of rotatable bonds is 3. The summed E-state index contributed by atoms with van der Waals surface area (Å²) in [5, 5.41) is 8.27. The molecule has 1 aromatic rings. The molecule has 2 rings (SSSR count). The summed E-state index contributed by atoms with van der Waals surface area (Å²) < 4.78 is 5.08. The standard InChI is InChI=1S/C12H18N2O2S.ClH/c1-12(3-5-13-6-4-12)14-11(15)10-7-9(16-2)8-17-10;/h7-8,13H,3-6H2,1-2H3,(H,14,15);1H. The molecule has 6 heteroatoms. The van der Waals surface area contributed by atoms with Gasteiger partial charge in [-0.2, -0.15) is 0 Å². The second-order valence-corrected chi connectivity index (χ2v) is 5.53. The molecule has 0 aliphatic carbocycles. The Hall–Kier alpha value is -0.780. The number of methoxy groups -OCH3 is 1. The van der Waals surface area contributed by atoms with Crippen molar-refractivity contribution in [2.75, 3.05) is 20.2 Å². The fourth-order valence-corrected chi connectivity index (χ4v) is 2.73. The van der Waals surface area contributed by atoms with Gasteiger partial charge in [-0.25, -0.2) is 0 Å². The molecule has 1 amide bonds. The number of carbonyl (C=O) groups excluding carboxylic acids is 1. The fraction of sp³-hybridized carbons (Fsp3) is 0.583. The Morgan fingerprint density at radius 3 is 2.72 bits per heavy atom. The van der Waals surface area contributed by atoms with Gasteiger partial charge in [0, 0.05) is 17.0 Å². The molecule has 2 heterocycles. The van der Waals surface area contributed by atoms with E-state index in [2.05, 4.69) is 17.6 Å². The molecule has 4 nitrogen and oxygen atoms in total. The van der Waals surface area contributed by atoms with Crippen LogP contribution in [0.1, 0.15) is 29.4 Å². The summed E-state index contributed by atoms with van der Waals surface area (Å²) in [4.78, 5) is 12.8. The van der Waals surface area contributed by atoms with Crippen LogP contribution in [0, 0.1) is 0 Å². The first-order valence-corrected chi connectivity index (χ1v) is 6.67. The molecule has 0 aromatic carbocycles. The molecule has 0 saturated carbocycles. The van der Waals surface area contributed by atoms with Crippen LogP contribution in [0.2, 0.25) is 0 Å². The Kier molecular flexibility index (Phi) is 5.44. The smallest absolute Gasteiger partial charge is 0.261 e. The molecule has 2 N–H and O–H groups in total. The lowest BCUT2D eigenvalue weighted by Gasteiger charge is -2.34. The lowest BCUT2D eigenvalue weighted by atomic mass is 9.90. The maximum atomic E-state index is 12.1. The van der Waals surface area contributed by atoms with Gasteiger partial charge in [-0.1, -0.05) is 0 Å². The third-order valence-electron chi connectivity index (χ3n) is 3.16. The van der Waals surface area contributed by atoms with E-state index < -0.39 is 0 Å². The van der Waals surface area contributed by atoms with Crippen molar-refractivity contribution < 1.29 is 9.53 Å². The average Bonchev–Trinajstić information content (AvgIpc) is 2.78. The quantitative estimate of drug-likeness (QED) is 0.896. The van der Waals surface area contributed by atoms with E-state index in [1.165, 1.54) is 11.3 Å². The van der Waals surface area contributed by atoms with Crippen LogP contribution in [0.5, 0.6) is 5.75 Å². The minimum absolute atomic E-state index is 0. The number of thiophene rings is 1. The van der Waals surface area contributed by atoms with Crippen molar-refractivity contribution in [3.05, 3.63) is 16.3 Å². The van der Waals surface area contributed by atoms with Gasteiger partial charge in [-0.15, -0.1) is 23.7 Å². The molecular formula is C12H19ClN2O2S. The maximum absolute atomic E-state index is 12.1. The molecule has 0 spiro atoms. The first-order chi connectivity index (χ1) is 8.13. The van der Waals surface area contributed by atoms with Gasteiger partial charge < -0.3 is 15.4 Å². The molecule has 1 saturated heterocycles. The highest BCUT2D eigenvalue weighted by Crippen LogP contribution is 2.23. The van der Waals surface area contributed by atoms with Crippen LogP contribution < -0.4 is 15.4 Å². The summed E-state index contributed by atoms with van der Waals surface area (Å²) in [5.41, 5.74) is -0.0838. The predicted molar refractivity (Wildman–Crippen MR) is 76.1 cm³/mol. The monoisotopic (exact) mass is 290 g/mol. The first kappa shape index (κ1) is 15.3. The Bertz CT molecular complexity index is 403. The van der Waals surface area contributed by atoms with Gasteiger partial charge in [0.2, 0.25) is 0 Å². The van der Waals surface area contributed by atoms with E-state index in [1.807, 2.05) is 5.38 Å². The van der Waals surface area contributed by atoms with E-state index in [4.69, 9.17) is 4.74 Å². The maximum Gasteiger partial charge on any atom is 0.261 e. The lowest BCUT2D eigenvalue weighted by Crippen LogP contribution is -2.52. The number of piperidine rings is 1. The second kappa shape index (κ2) is 6.41. The molecule has 1 fully saturated rings. The SMILES string of the molecule is COc1csc(C(=O)NC2(C)CCNCC2)c1.Cl. The average molecular weight is 291 g/mol. The van der Waals surface area contributed by atoms with E-state index in [-0.39, 0.29) is 23.9 Å². The van der Waals surface area contributed by atoms with Gasteiger partial charge >= 0.3 is 0 Å². The highest BCUT2D eigenvalue weighted by atomic mass is 35.5. The van der Waals surface area contributed by atoms with Gasteiger partial charge in [0.25, 0.3) is 5.91 Å². The molecule has 1 aliphatic heterocycles.